The van der Waals surface area contributed by atoms with Gasteiger partial charge in [-0.1, -0.05) is 0 Å². The third-order valence-electron chi connectivity index (χ3n) is 1.85. The Morgan fingerprint density at radius 2 is 1.93 bits per heavy atom. The average molecular weight is 216 g/mol. The summed E-state index contributed by atoms with van der Waals surface area (Å²) in [5, 5.41) is 0.752. The van der Waals surface area contributed by atoms with Gasteiger partial charge in [0.05, 0.1) is 0 Å². The van der Waals surface area contributed by atoms with E-state index < -0.39 is 6.36 Å². The second-order valence-corrected chi connectivity index (χ2v) is 3.10. The molecule has 0 unspecified atom stereocenters. The van der Waals surface area contributed by atoms with Gasteiger partial charge in [-0.2, -0.15) is 0 Å². The highest BCUT2D eigenvalue weighted by Gasteiger charge is 2.31. The number of benzene rings is 1. The monoisotopic (exact) mass is 216 g/mol. The number of halogens is 3. The Bertz CT molecular complexity index is 485. The zero-order valence-electron chi connectivity index (χ0n) is 7.76. The van der Waals surface area contributed by atoms with Crippen molar-refractivity contribution in [3.63, 3.8) is 0 Å². The highest BCUT2D eigenvalue weighted by molar-refractivity contribution is 5.79. The Morgan fingerprint density at radius 3 is 2.60 bits per heavy atom. The summed E-state index contributed by atoms with van der Waals surface area (Å²) < 4.78 is 44.6. The van der Waals surface area contributed by atoms with E-state index in [0.717, 1.165) is 5.39 Å². The van der Waals surface area contributed by atoms with E-state index in [1.165, 1.54) is 18.2 Å². The van der Waals surface area contributed by atoms with Crippen molar-refractivity contribution in [1.82, 2.24) is 0 Å². The fourth-order valence-corrected chi connectivity index (χ4v) is 1.34. The number of rotatable bonds is 1. The molecule has 1 aromatic heterocycles. The zero-order valence-corrected chi connectivity index (χ0v) is 7.76. The summed E-state index contributed by atoms with van der Waals surface area (Å²) >= 11 is 0. The minimum atomic E-state index is -4.67. The van der Waals surface area contributed by atoms with E-state index in [4.69, 9.17) is 4.42 Å². The van der Waals surface area contributed by atoms with Crippen LogP contribution in [0.5, 0.6) is 5.75 Å². The quantitative estimate of drug-likeness (QED) is 0.726. The topological polar surface area (TPSA) is 22.4 Å². The molecule has 1 aromatic carbocycles. The van der Waals surface area contributed by atoms with Gasteiger partial charge in [-0.3, -0.25) is 0 Å². The molecule has 0 bridgehead atoms. The number of ether oxygens (including phenoxy) is 1. The van der Waals surface area contributed by atoms with Gasteiger partial charge < -0.3 is 9.15 Å². The first-order valence-corrected chi connectivity index (χ1v) is 4.20. The maximum absolute atomic E-state index is 11.9. The van der Waals surface area contributed by atoms with Crippen LogP contribution in [0.15, 0.2) is 28.7 Å². The summed E-state index contributed by atoms with van der Waals surface area (Å²) in [5.74, 6) is 0.374. The van der Waals surface area contributed by atoms with Gasteiger partial charge in [-0.05, 0) is 25.1 Å². The van der Waals surface area contributed by atoms with Crippen LogP contribution in [0.1, 0.15) is 5.76 Å². The van der Waals surface area contributed by atoms with Crippen LogP contribution in [0.25, 0.3) is 11.0 Å². The number of hydrogen-bond donors (Lipinski definition) is 0. The molecule has 0 amide bonds. The molecular weight excluding hydrogens is 209 g/mol. The van der Waals surface area contributed by atoms with Crippen molar-refractivity contribution in [3.05, 3.63) is 30.0 Å². The van der Waals surface area contributed by atoms with E-state index in [0.29, 0.717) is 11.3 Å². The number of furan rings is 1. The molecule has 5 heteroatoms. The summed E-state index contributed by atoms with van der Waals surface area (Å²) in [6.45, 7) is 1.73. The highest BCUT2D eigenvalue weighted by Crippen LogP contribution is 2.27. The Morgan fingerprint density at radius 1 is 1.20 bits per heavy atom. The summed E-state index contributed by atoms with van der Waals surface area (Å²) in [5.41, 5.74) is 0.384. The lowest BCUT2D eigenvalue weighted by molar-refractivity contribution is -0.274. The van der Waals surface area contributed by atoms with Crippen LogP contribution in [0.3, 0.4) is 0 Å². The van der Waals surface area contributed by atoms with E-state index >= 15 is 0 Å². The van der Waals surface area contributed by atoms with Crippen molar-refractivity contribution < 1.29 is 22.3 Å². The van der Waals surface area contributed by atoms with Gasteiger partial charge in [-0.25, -0.2) is 0 Å². The van der Waals surface area contributed by atoms with Crippen LogP contribution in [-0.2, 0) is 0 Å². The third kappa shape index (κ3) is 2.23. The fraction of sp³-hybridized carbons (Fsp3) is 0.200. The fourth-order valence-electron chi connectivity index (χ4n) is 1.34. The molecule has 15 heavy (non-hydrogen) atoms. The van der Waals surface area contributed by atoms with Crippen molar-refractivity contribution in [3.8, 4) is 5.75 Å². The van der Waals surface area contributed by atoms with Gasteiger partial charge >= 0.3 is 6.36 Å². The van der Waals surface area contributed by atoms with Gasteiger partial charge in [-0.15, -0.1) is 13.2 Å². The van der Waals surface area contributed by atoms with Crippen LogP contribution >= 0.6 is 0 Å². The summed E-state index contributed by atoms with van der Waals surface area (Å²) in [4.78, 5) is 0. The first-order chi connectivity index (χ1) is 6.94. The maximum Gasteiger partial charge on any atom is 0.573 e. The first-order valence-electron chi connectivity index (χ1n) is 4.20. The molecule has 2 nitrogen and oxygen atoms in total. The van der Waals surface area contributed by atoms with Crippen LogP contribution in [0, 0.1) is 6.92 Å². The Hall–Kier alpha value is -1.65. The SMILES string of the molecule is Cc1cc2ccc(OC(F)(F)F)cc2o1. The van der Waals surface area contributed by atoms with Crippen LogP contribution in [0.2, 0.25) is 0 Å². The average Bonchev–Trinajstić information content (AvgIpc) is 2.40. The lowest BCUT2D eigenvalue weighted by atomic mass is 10.2. The largest absolute Gasteiger partial charge is 0.573 e. The van der Waals surface area contributed by atoms with Crippen molar-refractivity contribution >= 4 is 11.0 Å². The molecule has 0 aliphatic rings. The van der Waals surface area contributed by atoms with Gasteiger partial charge in [0.15, 0.2) is 0 Å². The van der Waals surface area contributed by atoms with Crippen molar-refractivity contribution in [2.75, 3.05) is 0 Å². The number of alkyl halides is 3. The minimum Gasteiger partial charge on any atom is -0.461 e. The van der Waals surface area contributed by atoms with Gasteiger partial charge in [0.1, 0.15) is 17.1 Å². The lowest BCUT2D eigenvalue weighted by Gasteiger charge is -2.07. The normalized spacial score (nSPS) is 12.0. The molecule has 0 atom stereocenters. The van der Waals surface area contributed by atoms with Gasteiger partial charge in [0, 0.05) is 11.5 Å². The Kier molecular flexibility index (Phi) is 2.10. The summed E-state index contributed by atoms with van der Waals surface area (Å²) in [7, 11) is 0. The molecule has 2 aromatic rings. The second kappa shape index (κ2) is 3.18. The summed E-state index contributed by atoms with van der Waals surface area (Å²) in [6, 6.07) is 5.74. The maximum atomic E-state index is 11.9. The molecule has 0 aliphatic heterocycles. The van der Waals surface area contributed by atoms with Crippen molar-refractivity contribution in [2.24, 2.45) is 0 Å². The van der Waals surface area contributed by atoms with Crippen molar-refractivity contribution in [2.45, 2.75) is 13.3 Å². The first kappa shape index (κ1) is 9.89. The second-order valence-electron chi connectivity index (χ2n) is 3.10. The summed E-state index contributed by atoms with van der Waals surface area (Å²) in [6.07, 6.45) is -4.67. The van der Waals surface area contributed by atoms with Crippen LogP contribution in [0.4, 0.5) is 13.2 Å². The third-order valence-corrected chi connectivity index (χ3v) is 1.85. The number of fused-ring (bicyclic) bond motifs is 1. The van der Waals surface area contributed by atoms with Gasteiger partial charge in [0.25, 0.3) is 0 Å². The lowest BCUT2D eigenvalue weighted by Crippen LogP contribution is -2.16. The number of aryl methyl sites for hydroxylation is 1. The van der Waals surface area contributed by atoms with E-state index in [-0.39, 0.29) is 5.75 Å². The molecule has 0 N–H and O–H groups in total. The molecule has 0 aliphatic carbocycles. The van der Waals surface area contributed by atoms with Crippen molar-refractivity contribution in [1.29, 1.82) is 0 Å². The van der Waals surface area contributed by atoms with Crippen LogP contribution in [-0.4, -0.2) is 6.36 Å². The van der Waals surface area contributed by atoms with Gasteiger partial charge in [0.2, 0.25) is 0 Å². The van der Waals surface area contributed by atoms with Crippen LogP contribution < -0.4 is 4.74 Å². The predicted molar refractivity (Wildman–Crippen MR) is 47.6 cm³/mol. The van der Waals surface area contributed by atoms with E-state index in [2.05, 4.69) is 4.74 Å². The van der Waals surface area contributed by atoms with E-state index in [1.54, 1.807) is 13.0 Å². The highest BCUT2D eigenvalue weighted by atomic mass is 19.4. The molecule has 0 saturated heterocycles. The standard InChI is InChI=1S/C10H7F3O2/c1-6-4-7-2-3-8(5-9(7)14-6)15-10(11,12)13/h2-5H,1H3. The van der Waals surface area contributed by atoms with E-state index in [1.807, 2.05) is 0 Å². The number of hydrogen-bond acceptors (Lipinski definition) is 2. The van der Waals surface area contributed by atoms with E-state index in [9.17, 15) is 13.2 Å². The molecule has 0 fully saturated rings. The molecule has 0 radical (unpaired) electrons. The zero-order chi connectivity index (χ0) is 11.1. The molecule has 80 valence electrons. The molecule has 1 heterocycles. The predicted octanol–water partition coefficient (Wildman–Crippen LogP) is 3.64. The Labute approximate surface area is 83.2 Å². The Balaban J connectivity index is 2.38. The molecule has 2 rings (SSSR count). The molecule has 0 saturated carbocycles. The molecule has 0 spiro atoms. The minimum absolute atomic E-state index is 0.274. The molecular formula is C10H7F3O2. The smallest absolute Gasteiger partial charge is 0.461 e.